The summed E-state index contributed by atoms with van der Waals surface area (Å²) in [4.78, 5) is 16.6. The molecule has 3 rings (SSSR count). The Morgan fingerprint density at radius 2 is 2.00 bits per heavy atom. The summed E-state index contributed by atoms with van der Waals surface area (Å²) in [5.74, 6) is 0.863. The van der Waals surface area contributed by atoms with Crippen LogP contribution in [0.5, 0.6) is 5.75 Å². The van der Waals surface area contributed by atoms with Crippen molar-refractivity contribution in [3.63, 3.8) is 0 Å². The summed E-state index contributed by atoms with van der Waals surface area (Å²) in [5, 5.41) is -0.132. The first-order valence-electron chi connectivity index (χ1n) is 7.76. The number of thioether (sulfide) groups is 1. The average Bonchev–Trinajstić information content (AvgIpc) is 2.84. The Bertz CT molecular complexity index is 573. The van der Waals surface area contributed by atoms with Crippen LogP contribution in [0.15, 0.2) is 24.3 Å². The van der Waals surface area contributed by atoms with Gasteiger partial charge in [-0.3, -0.25) is 14.6 Å². The molecule has 2 fully saturated rings. The van der Waals surface area contributed by atoms with Crippen LogP contribution in [0.4, 0.5) is 5.69 Å². The van der Waals surface area contributed by atoms with Crippen molar-refractivity contribution in [3.8, 4) is 5.75 Å². The molecule has 1 aromatic carbocycles. The molecule has 1 aromatic rings. The van der Waals surface area contributed by atoms with Gasteiger partial charge in [0.1, 0.15) is 15.3 Å². The number of carbonyl (C=O) groups excluding carboxylic acids is 1. The summed E-state index contributed by atoms with van der Waals surface area (Å²) in [7, 11) is 0. The van der Waals surface area contributed by atoms with Crippen LogP contribution >= 0.6 is 24.0 Å². The van der Waals surface area contributed by atoms with E-state index in [2.05, 4.69) is 4.90 Å². The highest BCUT2D eigenvalue weighted by Crippen LogP contribution is 2.33. The molecule has 2 aliphatic rings. The maximum atomic E-state index is 12.7. The third-order valence-corrected chi connectivity index (χ3v) is 5.35. The van der Waals surface area contributed by atoms with E-state index >= 15 is 0 Å². The summed E-state index contributed by atoms with van der Waals surface area (Å²) < 4.78 is 11.4. The second kappa shape index (κ2) is 7.61. The SMILES string of the molecule is CCOc1ccc(N2C(=O)C(CN3CCOCC3)SC2=S)cc1. The smallest absolute Gasteiger partial charge is 0.247 e. The number of thiocarbonyl (C=S) groups is 1. The highest BCUT2D eigenvalue weighted by Gasteiger charge is 2.38. The average molecular weight is 352 g/mol. The number of ether oxygens (including phenoxy) is 2. The maximum Gasteiger partial charge on any atom is 0.247 e. The predicted molar refractivity (Wildman–Crippen MR) is 96.3 cm³/mol. The van der Waals surface area contributed by atoms with Gasteiger partial charge in [-0.15, -0.1) is 0 Å². The van der Waals surface area contributed by atoms with Crippen LogP contribution in [0.1, 0.15) is 6.92 Å². The number of rotatable bonds is 5. The molecule has 7 heteroatoms. The molecule has 2 heterocycles. The van der Waals surface area contributed by atoms with Crippen LogP contribution in [-0.2, 0) is 9.53 Å². The molecule has 0 bridgehead atoms. The molecule has 0 radical (unpaired) electrons. The lowest BCUT2D eigenvalue weighted by molar-refractivity contribution is -0.117. The Labute approximate surface area is 145 Å². The standard InChI is InChI=1S/C16H20N2O3S2/c1-2-21-13-5-3-12(4-6-13)18-15(19)14(23-16(18)22)11-17-7-9-20-10-8-17/h3-6,14H,2,7-11H2,1H3. The van der Waals surface area contributed by atoms with Crippen molar-refractivity contribution in [1.82, 2.24) is 4.90 Å². The van der Waals surface area contributed by atoms with Crippen LogP contribution in [0, 0.1) is 0 Å². The van der Waals surface area contributed by atoms with Crippen LogP contribution in [0.3, 0.4) is 0 Å². The Morgan fingerprint density at radius 3 is 2.65 bits per heavy atom. The van der Waals surface area contributed by atoms with E-state index in [4.69, 9.17) is 21.7 Å². The number of anilines is 1. The normalized spacial score (nSPS) is 22.7. The Kier molecular flexibility index (Phi) is 5.53. The van der Waals surface area contributed by atoms with Crippen LogP contribution in [0.2, 0.25) is 0 Å². The molecule has 2 aliphatic heterocycles. The zero-order chi connectivity index (χ0) is 16.2. The van der Waals surface area contributed by atoms with E-state index < -0.39 is 0 Å². The van der Waals surface area contributed by atoms with Gasteiger partial charge in [-0.1, -0.05) is 24.0 Å². The molecule has 0 aliphatic carbocycles. The molecular weight excluding hydrogens is 332 g/mol. The van der Waals surface area contributed by atoms with Gasteiger partial charge < -0.3 is 9.47 Å². The van der Waals surface area contributed by atoms with Crippen LogP contribution < -0.4 is 9.64 Å². The summed E-state index contributed by atoms with van der Waals surface area (Å²) in [5.41, 5.74) is 0.806. The summed E-state index contributed by atoms with van der Waals surface area (Å²) >= 11 is 6.90. The third-order valence-electron chi connectivity index (χ3n) is 3.86. The van der Waals surface area contributed by atoms with Gasteiger partial charge in [0, 0.05) is 19.6 Å². The first-order valence-corrected chi connectivity index (χ1v) is 9.05. The zero-order valence-corrected chi connectivity index (χ0v) is 14.7. The Morgan fingerprint density at radius 1 is 1.30 bits per heavy atom. The highest BCUT2D eigenvalue weighted by atomic mass is 32.2. The molecule has 0 spiro atoms. The Hall–Kier alpha value is -1.15. The van der Waals surface area contributed by atoms with Gasteiger partial charge in [-0.2, -0.15) is 0 Å². The molecule has 1 atom stereocenters. The quantitative estimate of drug-likeness (QED) is 0.757. The van der Waals surface area contributed by atoms with Crippen molar-refractivity contribution >= 4 is 39.9 Å². The lowest BCUT2D eigenvalue weighted by atomic mass is 10.2. The minimum Gasteiger partial charge on any atom is -0.494 e. The van der Waals surface area contributed by atoms with Crippen LogP contribution in [0.25, 0.3) is 0 Å². The predicted octanol–water partition coefficient (Wildman–Crippen LogP) is 2.15. The molecule has 2 saturated heterocycles. The van der Waals surface area contributed by atoms with Crippen molar-refractivity contribution in [2.24, 2.45) is 0 Å². The Balaban J connectivity index is 1.68. The number of carbonyl (C=O) groups is 1. The van der Waals surface area contributed by atoms with E-state index in [1.165, 1.54) is 11.8 Å². The van der Waals surface area contributed by atoms with E-state index in [0.29, 0.717) is 10.9 Å². The number of morpholine rings is 1. The summed E-state index contributed by atoms with van der Waals surface area (Å²) in [6.07, 6.45) is 0. The van der Waals surface area contributed by atoms with E-state index in [0.717, 1.165) is 44.3 Å². The number of benzene rings is 1. The second-order valence-corrected chi connectivity index (χ2v) is 7.22. The van der Waals surface area contributed by atoms with Gasteiger partial charge in [-0.05, 0) is 31.2 Å². The van der Waals surface area contributed by atoms with Gasteiger partial charge in [0.25, 0.3) is 0 Å². The number of hydrogen-bond donors (Lipinski definition) is 0. The van der Waals surface area contributed by atoms with E-state index in [-0.39, 0.29) is 11.2 Å². The molecule has 5 nitrogen and oxygen atoms in total. The van der Waals surface area contributed by atoms with Crippen molar-refractivity contribution in [2.45, 2.75) is 12.2 Å². The van der Waals surface area contributed by atoms with Gasteiger partial charge in [0.15, 0.2) is 0 Å². The molecule has 0 N–H and O–H groups in total. The molecule has 1 unspecified atom stereocenters. The van der Waals surface area contributed by atoms with Crippen molar-refractivity contribution in [2.75, 3.05) is 44.4 Å². The monoisotopic (exact) mass is 352 g/mol. The van der Waals surface area contributed by atoms with Gasteiger partial charge >= 0.3 is 0 Å². The molecule has 124 valence electrons. The largest absolute Gasteiger partial charge is 0.494 e. The van der Waals surface area contributed by atoms with Gasteiger partial charge in [0.05, 0.1) is 25.5 Å². The maximum absolute atomic E-state index is 12.7. The molecular formula is C16H20N2O3S2. The third kappa shape index (κ3) is 3.85. The fourth-order valence-electron chi connectivity index (χ4n) is 2.68. The first-order chi connectivity index (χ1) is 11.2. The molecule has 0 saturated carbocycles. The highest BCUT2D eigenvalue weighted by molar-refractivity contribution is 8.25. The van der Waals surface area contributed by atoms with Crippen molar-refractivity contribution in [1.29, 1.82) is 0 Å². The number of nitrogens with zero attached hydrogens (tertiary/aromatic N) is 2. The fourth-order valence-corrected chi connectivity index (χ4v) is 4.26. The van der Waals surface area contributed by atoms with E-state index in [9.17, 15) is 4.79 Å². The fraction of sp³-hybridized carbons (Fsp3) is 0.500. The van der Waals surface area contributed by atoms with Crippen LogP contribution in [-0.4, -0.2) is 59.8 Å². The van der Waals surface area contributed by atoms with Gasteiger partial charge in [-0.25, -0.2) is 0 Å². The first kappa shape index (κ1) is 16.7. The van der Waals surface area contributed by atoms with Gasteiger partial charge in [0.2, 0.25) is 5.91 Å². The summed E-state index contributed by atoms with van der Waals surface area (Å²) in [6.45, 7) is 6.51. The molecule has 0 aromatic heterocycles. The number of amides is 1. The molecule has 23 heavy (non-hydrogen) atoms. The number of hydrogen-bond acceptors (Lipinski definition) is 6. The van der Waals surface area contributed by atoms with E-state index in [1.807, 2.05) is 31.2 Å². The van der Waals surface area contributed by atoms with Crippen molar-refractivity contribution < 1.29 is 14.3 Å². The minimum absolute atomic E-state index is 0.0654. The second-order valence-electron chi connectivity index (χ2n) is 5.39. The topological polar surface area (TPSA) is 42.0 Å². The zero-order valence-electron chi connectivity index (χ0n) is 13.1. The van der Waals surface area contributed by atoms with E-state index in [1.54, 1.807) is 4.90 Å². The minimum atomic E-state index is -0.132. The van der Waals surface area contributed by atoms with Crippen molar-refractivity contribution in [3.05, 3.63) is 24.3 Å². The molecule has 1 amide bonds. The summed E-state index contributed by atoms with van der Waals surface area (Å²) in [6, 6.07) is 7.50. The lowest BCUT2D eigenvalue weighted by Crippen LogP contribution is -2.43. The lowest BCUT2D eigenvalue weighted by Gasteiger charge is -2.27.